The summed E-state index contributed by atoms with van der Waals surface area (Å²) >= 11 is 0. The standard InChI is InChI=1S/C13H15F3N2O3/c1-8(21-7-13(14,15)16)12(20)18-11-5-3-10(4-6-11)17-9(2)19/h3-6,8H,7H2,1-2H3,(H,17,19)(H,18,20)/t8-/m1/s1. The van der Waals surface area contributed by atoms with E-state index in [0.29, 0.717) is 11.4 Å². The minimum absolute atomic E-state index is 0.235. The Hall–Kier alpha value is -2.09. The highest BCUT2D eigenvalue weighted by Gasteiger charge is 2.29. The first kappa shape index (κ1) is 17.0. The molecule has 0 unspecified atom stereocenters. The number of rotatable bonds is 5. The van der Waals surface area contributed by atoms with E-state index < -0.39 is 24.8 Å². The number of halogens is 3. The molecule has 0 saturated carbocycles. The first-order valence-electron chi connectivity index (χ1n) is 6.04. The molecule has 1 atom stereocenters. The number of hydrogen-bond acceptors (Lipinski definition) is 3. The van der Waals surface area contributed by atoms with E-state index in [-0.39, 0.29) is 5.91 Å². The SMILES string of the molecule is CC(=O)Nc1ccc(NC(=O)[C@@H](C)OCC(F)(F)F)cc1. The number of nitrogens with one attached hydrogen (secondary N) is 2. The van der Waals surface area contributed by atoms with Gasteiger partial charge in [-0.05, 0) is 31.2 Å². The molecule has 5 nitrogen and oxygen atoms in total. The predicted molar refractivity (Wildman–Crippen MR) is 70.8 cm³/mol. The highest BCUT2D eigenvalue weighted by Crippen LogP contribution is 2.17. The van der Waals surface area contributed by atoms with Crippen molar-refractivity contribution in [3.63, 3.8) is 0 Å². The van der Waals surface area contributed by atoms with Crippen LogP contribution in [-0.4, -0.2) is 30.7 Å². The van der Waals surface area contributed by atoms with Crippen molar-refractivity contribution in [3.05, 3.63) is 24.3 Å². The van der Waals surface area contributed by atoms with Gasteiger partial charge in [-0.2, -0.15) is 13.2 Å². The number of anilines is 2. The summed E-state index contributed by atoms with van der Waals surface area (Å²) in [4.78, 5) is 22.4. The summed E-state index contributed by atoms with van der Waals surface area (Å²) < 4.78 is 40.3. The number of benzene rings is 1. The first-order valence-corrected chi connectivity index (χ1v) is 6.04. The normalized spacial score (nSPS) is 12.6. The summed E-state index contributed by atoms with van der Waals surface area (Å²) in [5.74, 6) is -0.924. The maximum absolute atomic E-state index is 12.0. The molecular weight excluding hydrogens is 289 g/mol. The fourth-order valence-corrected chi connectivity index (χ4v) is 1.38. The topological polar surface area (TPSA) is 67.4 Å². The lowest BCUT2D eigenvalue weighted by Gasteiger charge is -2.15. The number of hydrogen-bond donors (Lipinski definition) is 2. The maximum atomic E-state index is 12.0. The van der Waals surface area contributed by atoms with Crippen molar-refractivity contribution < 1.29 is 27.5 Å². The van der Waals surface area contributed by atoms with Crippen LogP contribution >= 0.6 is 0 Å². The van der Waals surface area contributed by atoms with Gasteiger partial charge in [0.1, 0.15) is 12.7 Å². The molecular formula is C13H15F3N2O3. The van der Waals surface area contributed by atoms with Crippen molar-refractivity contribution >= 4 is 23.2 Å². The van der Waals surface area contributed by atoms with Crippen molar-refractivity contribution in [2.75, 3.05) is 17.2 Å². The number of amides is 2. The van der Waals surface area contributed by atoms with Gasteiger partial charge in [0.15, 0.2) is 0 Å². The van der Waals surface area contributed by atoms with Gasteiger partial charge in [0.25, 0.3) is 5.91 Å². The van der Waals surface area contributed by atoms with E-state index in [1.165, 1.54) is 26.0 Å². The van der Waals surface area contributed by atoms with Gasteiger partial charge >= 0.3 is 6.18 Å². The Morgan fingerprint density at radius 3 is 2.05 bits per heavy atom. The molecule has 0 heterocycles. The highest BCUT2D eigenvalue weighted by molar-refractivity contribution is 5.94. The Kier molecular flexibility index (Phi) is 5.71. The molecule has 2 amide bonds. The van der Waals surface area contributed by atoms with E-state index in [1.807, 2.05) is 0 Å². The second kappa shape index (κ2) is 7.07. The van der Waals surface area contributed by atoms with E-state index in [1.54, 1.807) is 12.1 Å². The Morgan fingerprint density at radius 1 is 1.14 bits per heavy atom. The van der Waals surface area contributed by atoms with Gasteiger partial charge in [0.2, 0.25) is 5.91 Å². The molecule has 21 heavy (non-hydrogen) atoms. The third-order valence-corrected chi connectivity index (χ3v) is 2.34. The third kappa shape index (κ3) is 6.75. The molecule has 8 heteroatoms. The Balaban J connectivity index is 2.52. The smallest absolute Gasteiger partial charge is 0.359 e. The molecule has 0 aromatic heterocycles. The molecule has 0 aliphatic heterocycles. The van der Waals surface area contributed by atoms with Crippen molar-refractivity contribution in [1.29, 1.82) is 0 Å². The highest BCUT2D eigenvalue weighted by atomic mass is 19.4. The summed E-state index contributed by atoms with van der Waals surface area (Å²) in [5, 5.41) is 4.96. The number of carbonyl (C=O) groups is 2. The van der Waals surface area contributed by atoms with Gasteiger partial charge in [-0.25, -0.2) is 0 Å². The largest absolute Gasteiger partial charge is 0.411 e. The molecule has 0 fully saturated rings. The lowest BCUT2D eigenvalue weighted by Crippen LogP contribution is -2.31. The van der Waals surface area contributed by atoms with Crippen LogP contribution < -0.4 is 10.6 Å². The lowest BCUT2D eigenvalue weighted by molar-refractivity contribution is -0.184. The molecule has 0 saturated heterocycles. The van der Waals surface area contributed by atoms with Gasteiger partial charge in [0, 0.05) is 18.3 Å². The minimum Gasteiger partial charge on any atom is -0.359 e. The summed E-state index contributed by atoms with van der Waals surface area (Å²) in [5.41, 5.74) is 0.929. The van der Waals surface area contributed by atoms with Crippen LogP contribution in [-0.2, 0) is 14.3 Å². The van der Waals surface area contributed by atoms with Crippen LogP contribution in [0, 0.1) is 0 Å². The van der Waals surface area contributed by atoms with Crippen LogP contribution in [0.25, 0.3) is 0 Å². The Morgan fingerprint density at radius 2 is 1.62 bits per heavy atom. The van der Waals surface area contributed by atoms with Gasteiger partial charge < -0.3 is 15.4 Å². The van der Waals surface area contributed by atoms with E-state index in [2.05, 4.69) is 15.4 Å². The third-order valence-electron chi connectivity index (χ3n) is 2.34. The molecule has 0 spiro atoms. The zero-order chi connectivity index (χ0) is 16.0. The van der Waals surface area contributed by atoms with Gasteiger partial charge in [-0.1, -0.05) is 0 Å². The van der Waals surface area contributed by atoms with Crippen molar-refractivity contribution in [3.8, 4) is 0 Å². The van der Waals surface area contributed by atoms with Crippen LogP contribution in [0.5, 0.6) is 0 Å². The quantitative estimate of drug-likeness (QED) is 0.878. The molecule has 0 bridgehead atoms. The second-order valence-electron chi connectivity index (χ2n) is 4.32. The molecule has 1 aromatic carbocycles. The average molecular weight is 304 g/mol. The lowest BCUT2D eigenvalue weighted by atomic mass is 10.2. The number of ether oxygens (including phenoxy) is 1. The fourth-order valence-electron chi connectivity index (χ4n) is 1.38. The van der Waals surface area contributed by atoms with Gasteiger partial charge in [-0.3, -0.25) is 9.59 Å². The maximum Gasteiger partial charge on any atom is 0.411 e. The Bertz CT molecular complexity index is 500. The minimum atomic E-state index is -4.48. The van der Waals surface area contributed by atoms with E-state index >= 15 is 0 Å². The van der Waals surface area contributed by atoms with E-state index in [9.17, 15) is 22.8 Å². The van der Waals surface area contributed by atoms with Crippen LogP contribution in [0.4, 0.5) is 24.5 Å². The molecule has 2 N–H and O–H groups in total. The summed E-state index contributed by atoms with van der Waals surface area (Å²) in [6.07, 6.45) is -5.71. The van der Waals surface area contributed by atoms with Crippen LogP contribution in [0.15, 0.2) is 24.3 Å². The zero-order valence-corrected chi connectivity index (χ0v) is 11.5. The Labute approximate surface area is 119 Å². The van der Waals surface area contributed by atoms with E-state index in [0.717, 1.165) is 0 Å². The summed E-state index contributed by atoms with van der Waals surface area (Å²) in [7, 11) is 0. The van der Waals surface area contributed by atoms with Crippen LogP contribution in [0.2, 0.25) is 0 Å². The average Bonchev–Trinajstić information content (AvgIpc) is 2.36. The number of alkyl halides is 3. The molecule has 1 aromatic rings. The van der Waals surface area contributed by atoms with Gasteiger partial charge in [0.05, 0.1) is 0 Å². The summed E-state index contributed by atoms with van der Waals surface area (Å²) in [6.45, 7) is 1.10. The molecule has 116 valence electrons. The first-order chi connectivity index (χ1) is 9.67. The van der Waals surface area contributed by atoms with Crippen LogP contribution in [0.1, 0.15) is 13.8 Å². The fraction of sp³-hybridized carbons (Fsp3) is 0.385. The van der Waals surface area contributed by atoms with E-state index in [4.69, 9.17) is 0 Å². The van der Waals surface area contributed by atoms with Crippen molar-refractivity contribution in [2.45, 2.75) is 26.1 Å². The predicted octanol–water partition coefficient (Wildman–Crippen LogP) is 2.55. The van der Waals surface area contributed by atoms with Crippen molar-refractivity contribution in [2.24, 2.45) is 0 Å². The monoisotopic (exact) mass is 304 g/mol. The molecule has 0 aliphatic rings. The second-order valence-corrected chi connectivity index (χ2v) is 4.32. The van der Waals surface area contributed by atoms with Crippen LogP contribution in [0.3, 0.4) is 0 Å². The summed E-state index contributed by atoms with van der Waals surface area (Å²) in [6, 6.07) is 6.13. The van der Waals surface area contributed by atoms with Gasteiger partial charge in [-0.15, -0.1) is 0 Å². The van der Waals surface area contributed by atoms with Crippen molar-refractivity contribution in [1.82, 2.24) is 0 Å². The number of carbonyl (C=O) groups excluding carboxylic acids is 2. The molecule has 1 rings (SSSR count). The zero-order valence-electron chi connectivity index (χ0n) is 11.5. The molecule has 0 radical (unpaired) electrons. The molecule has 0 aliphatic carbocycles.